The first-order chi connectivity index (χ1) is 14.5. The van der Waals surface area contributed by atoms with Crippen molar-refractivity contribution >= 4 is 29.9 Å². The Hall–Kier alpha value is -1.85. The smallest absolute Gasteiger partial charge is 0.379 e. The summed E-state index contributed by atoms with van der Waals surface area (Å²) in [5.74, 6) is 0.536. The van der Waals surface area contributed by atoms with Crippen molar-refractivity contribution in [2.75, 3.05) is 33.4 Å². The predicted molar refractivity (Wildman–Crippen MR) is 126 cm³/mol. The minimum absolute atomic E-state index is 0. The second-order valence-corrected chi connectivity index (χ2v) is 7.13. The highest BCUT2D eigenvalue weighted by molar-refractivity contribution is 14.0. The zero-order valence-corrected chi connectivity index (χ0v) is 19.7. The number of alkyl halides is 3. The normalized spacial score (nSPS) is 15.3. The average molecular weight is 548 g/mol. The number of guanidine groups is 1. The summed E-state index contributed by atoms with van der Waals surface area (Å²) in [6.45, 7) is 5.03. The number of halogens is 4. The second-order valence-electron chi connectivity index (χ2n) is 7.13. The van der Waals surface area contributed by atoms with Crippen molar-refractivity contribution in [2.45, 2.75) is 25.8 Å². The maximum absolute atomic E-state index is 12.9. The number of ether oxygens (including phenoxy) is 1. The zero-order chi connectivity index (χ0) is 21.4. The molecular formula is C22H28F3IN4O. The average Bonchev–Trinajstić information content (AvgIpc) is 2.75. The molecule has 5 nitrogen and oxygen atoms in total. The quantitative estimate of drug-likeness (QED) is 0.326. The van der Waals surface area contributed by atoms with E-state index in [1.165, 1.54) is 11.6 Å². The van der Waals surface area contributed by atoms with Crippen molar-refractivity contribution < 1.29 is 17.9 Å². The summed E-state index contributed by atoms with van der Waals surface area (Å²) >= 11 is 0. The van der Waals surface area contributed by atoms with Crippen LogP contribution in [-0.2, 0) is 30.5 Å². The van der Waals surface area contributed by atoms with E-state index in [0.717, 1.165) is 50.5 Å². The summed E-state index contributed by atoms with van der Waals surface area (Å²) in [5.41, 5.74) is 2.29. The molecule has 1 aliphatic rings. The summed E-state index contributed by atoms with van der Waals surface area (Å²) in [4.78, 5) is 6.54. The van der Waals surface area contributed by atoms with Crippen LogP contribution in [0.25, 0.3) is 0 Å². The van der Waals surface area contributed by atoms with Crippen LogP contribution in [0.4, 0.5) is 13.2 Å². The highest BCUT2D eigenvalue weighted by Gasteiger charge is 2.30. The van der Waals surface area contributed by atoms with E-state index in [0.29, 0.717) is 18.1 Å². The second kappa shape index (κ2) is 12.3. The van der Waals surface area contributed by atoms with Gasteiger partial charge in [0.15, 0.2) is 5.96 Å². The van der Waals surface area contributed by atoms with E-state index in [9.17, 15) is 13.2 Å². The van der Waals surface area contributed by atoms with Crippen molar-refractivity contribution in [3.63, 3.8) is 0 Å². The van der Waals surface area contributed by atoms with Gasteiger partial charge in [0.05, 0.1) is 18.8 Å². The first-order valence-corrected chi connectivity index (χ1v) is 9.93. The number of hydrogen-bond donors (Lipinski definition) is 2. The number of aliphatic imine (C=N–C) groups is 1. The molecule has 0 unspecified atom stereocenters. The molecule has 3 rings (SSSR count). The molecule has 170 valence electrons. The molecule has 9 heteroatoms. The Morgan fingerprint density at radius 3 is 2.35 bits per heavy atom. The van der Waals surface area contributed by atoms with Gasteiger partial charge in [0.1, 0.15) is 0 Å². The van der Waals surface area contributed by atoms with Crippen molar-refractivity contribution in [1.29, 1.82) is 0 Å². The Morgan fingerprint density at radius 2 is 1.68 bits per heavy atom. The number of morpholine rings is 1. The van der Waals surface area contributed by atoms with Crippen LogP contribution >= 0.6 is 24.0 Å². The molecule has 2 aromatic rings. The Bertz CT molecular complexity index is 855. The lowest BCUT2D eigenvalue weighted by molar-refractivity contribution is -0.137. The third-order valence-corrected chi connectivity index (χ3v) is 5.00. The van der Waals surface area contributed by atoms with Gasteiger partial charge in [-0.1, -0.05) is 36.4 Å². The van der Waals surface area contributed by atoms with E-state index in [4.69, 9.17) is 4.74 Å². The van der Waals surface area contributed by atoms with Crippen LogP contribution in [-0.4, -0.2) is 44.2 Å². The van der Waals surface area contributed by atoms with Gasteiger partial charge >= 0.3 is 6.18 Å². The van der Waals surface area contributed by atoms with Gasteiger partial charge < -0.3 is 15.4 Å². The van der Waals surface area contributed by atoms with Gasteiger partial charge in [-0.25, -0.2) is 0 Å². The van der Waals surface area contributed by atoms with Gasteiger partial charge in [-0.3, -0.25) is 9.89 Å². The number of nitrogens with one attached hydrogen (secondary N) is 2. The molecule has 2 aromatic carbocycles. The molecule has 0 spiro atoms. The summed E-state index contributed by atoms with van der Waals surface area (Å²) in [7, 11) is 1.64. The molecule has 0 saturated carbocycles. The van der Waals surface area contributed by atoms with E-state index in [-0.39, 0.29) is 30.5 Å². The Balaban J connectivity index is 0.00000341. The molecule has 0 aliphatic carbocycles. The van der Waals surface area contributed by atoms with Gasteiger partial charge in [-0.2, -0.15) is 13.2 Å². The van der Waals surface area contributed by atoms with E-state index in [1.54, 1.807) is 13.1 Å². The largest absolute Gasteiger partial charge is 0.416 e. The van der Waals surface area contributed by atoms with Gasteiger partial charge in [-0.15, -0.1) is 24.0 Å². The molecule has 0 atom stereocenters. The van der Waals surface area contributed by atoms with Crippen LogP contribution in [0.3, 0.4) is 0 Å². The van der Waals surface area contributed by atoms with Crippen LogP contribution in [0.2, 0.25) is 0 Å². The summed E-state index contributed by atoms with van der Waals surface area (Å²) in [6.07, 6.45) is -4.35. The lowest BCUT2D eigenvalue weighted by atomic mass is 10.1. The molecular weight excluding hydrogens is 520 g/mol. The summed E-state index contributed by atoms with van der Waals surface area (Å²) < 4.78 is 44.1. The molecule has 0 radical (unpaired) electrons. The Labute approximate surface area is 198 Å². The molecule has 31 heavy (non-hydrogen) atoms. The van der Waals surface area contributed by atoms with Gasteiger partial charge in [0.2, 0.25) is 0 Å². The standard InChI is InChI=1S/C22H27F3N4O.HI/c1-26-21(27-14-17-5-4-8-20(13-17)22(23,24)25)28-15-18-6-2-3-7-19(18)16-29-9-11-30-12-10-29;/h2-8,13H,9-12,14-16H2,1H3,(H2,26,27,28);1H. The van der Waals surface area contributed by atoms with Gasteiger partial charge in [0, 0.05) is 39.8 Å². The van der Waals surface area contributed by atoms with Crippen molar-refractivity contribution in [2.24, 2.45) is 4.99 Å². The fourth-order valence-electron chi connectivity index (χ4n) is 3.33. The third-order valence-electron chi connectivity index (χ3n) is 5.00. The SMILES string of the molecule is CN=C(NCc1cccc(C(F)(F)F)c1)NCc1ccccc1CN1CCOCC1.I. The number of rotatable bonds is 6. The third kappa shape index (κ3) is 7.97. The molecule has 0 bridgehead atoms. The molecule has 0 amide bonds. The van der Waals surface area contributed by atoms with E-state index in [1.807, 2.05) is 12.1 Å². The predicted octanol–water partition coefficient (Wildman–Crippen LogP) is 4.02. The van der Waals surface area contributed by atoms with Crippen LogP contribution in [0.1, 0.15) is 22.3 Å². The minimum Gasteiger partial charge on any atom is -0.379 e. The molecule has 1 fully saturated rings. The minimum atomic E-state index is -4.35. The number of hydrogen-bond acceptors (Lipinski definition) is 3. The van der Waals surface area contributed by atoms with Crippen LogP contribution < -0.4 is 10.6 Å². The van der Waals surface area contributed by atoms with E-state index < -0.39 is 11.7 Å². The highest BCUT2D eigenvalue weighted by atomic mass is 127. The fourth-order valence-corrected chi connectivity index (χ4v) is 3.33. The summed E-state index contributed by atoms with van der Waals surface area (Å²) in [5, 5.41) is 6.33. The Morgan fingerprint density at radius 1 is 1.00 bits per heavy atom. The van der Waals surface area contributed by atoms with Crippen LogP contribution in [0.5, 0.6) is 0 Å². The van der Waals surface area contributed by atoms with Crippen LogP contribution in [0.15, 0.2) is 53.5 Å². The van der Waals surface area contributed by atoms with E-state index >= 15 is 0 Å². The lowest BCUT2D eigenvalue weighted by Crippen LogP contribution is -2.37. The first-order valence-electron chi connectivity index (χ1n) is 9.93. The van der Waals surface area contributed by atoms with Crippen molar-refractivity contribution in [3.8, 4) is 0 Å². The van der Waals surface area contributed by atoms with Gasteiger partial charge in [0.25, 0.3) is 0 Å². The molecule has 2 N–H and O–H groups in total. The molecule has 1 aliphatic heterocycles. The van der Waals surface area contributed by atoms with E-state index in [2.05, 4.69) is 32.7 Å². The summed E-state index contributed by atoms with van der Waals surface area (Å²) in [6, 6.07) is 13.5. The first kappa shape index (κ1) is 25.4. The molecule has 1 heterocycles. The number of nitrogens with zero attached hydrogens (tertiary/aromatic N) is 2. The topological polar surface area (TPSA) is 48.9 Å². The molecule has 0 aromatic heterocycles. The maximum Gasteiger partial charge on any atom is 0.416 e. The van der Waals surface area contributed by atoms with Gasteiger partial charge in [-0.05, 0) is 28.8 Å². The Kier molecular flexibility index (Phi) is 10.0. The number of benzene rings is 2. The lowest BCUT2D eigenvalue weighted by Gasteiger charge is -2.27. The van der Waals surface area contributed by atoms with Crippen LogP contribution in [0, 0.1) is 0 Å². The van der Waals surface area contributed by atoms with Crippen molar-refractivity contribution in [1.82, 2.24) is 15.5 Å². The fraction of sp³-hybridized carbons (Fsp3) is 0.409. The molecule has 1 saturated heterocycles. The highest BCUT2D eigenvalue weighted by Crippen LogP contribution is 2.29. The maximum atomic E-state index is 12.9. The monoisotopic (exact) mass is 548 g/mol. The zero-order valence-electron chi connectivity index (χ0n) is 17.4. The van der Waals surface area contributed by atoms with Crippen molar-refractivity contribution in [3.05, 3.63) is 70.8 Å².